The SMILES string of the molecule is CC(C/C=C/C(C)(C)O)c1cccc(O)c1. The van der Waals surface area contributed by atoms with Crippen LogP contribution in [0, 0.1) is 0 Å². The van der Waals surface area contributed by atoms with Gasteiger partial charge in [-0.3, -0.25) is 0 Å². The van der Waals surface area contributed by atoms with Crippen LogP contribution < -0.4 is 0 Å². The summed E-state index contributed by atoms with van der Waals surface area (Å²) in [5.41, 5.74) is 0.360. The van der Waals surface area contributed by atoms with Crippen molar-refractivity contribution in [3.05, 3.63) is 42.0 Å². The Balaban J connectivity index is 2.60. The summed E-state index contributed by atoms with van der Waals surface area (Å²) in [7, 11) is 0. The minimum Gasteiger partial charge on any atom is -0.508 e. The molecule has 1 aromatic carbocycles. The van der Waals surface area contributed by atoms with Gasteiger partial charge in [-0.2, -0.15) is 0 Å². The highest BCUT2D eigenvalue weighted by Gasteiger charge is 2.07. The normalized spacial score (nSPS) is 14.2. The molecule has 0 amide bonds. The summed E-state index contributed by atoms with van der Waals surface area (Å²) in [6.07, 6.45) is 4.63. The largest absolute Gasteiger partial charge is 0.508 e. The van der Waals surface area contributed by atoms with E-state index in [9.17, 15) is 10.2 Å². The van der Waals surface area contributed by atoms with Crippen molar-refractivity contribution in [1.82, 2.24) is 0 Å². The molecule has 0 saturated heterocycles. The van der Waals surface area contributed by atoms with E-state index in [4.69, 9.17) is 0 Å². The summed E-state index contributed by atoms with van der Waals surface area (Å²) in [6.45, 7) is 5.61. The number of aliphatic hydroxyl groups is 1. The van der Waals surface area contributed by atoms with E-state index in [0.717, 1.165) is 12.0 Å². The number of phenols is 1. The molecule has 0 aliphatic carbocycles. The Morgan fingerprint density at radius 3 is 2.62 bits per heavy atom. The Hall–Kier alpha value is -1.28. The molecule has 0 heterocycles. The molecule has 2 N–H and O–H groups in total. The van der Waals surface area contributed by atoms with E-state index >= 15 is 0 Å². The first kappa shape index (κ1) is 12.8. The number of allylic oxidation sites excluding steroid dienone is 1. The van der Waals surface area contributed by atoms with Crippen molar-refractivity contribution in [3.63, 3.8) is 0 Å². The summed E-state index contributed by atoms with van der Waals surface area (Å²) in [4.78, 5) is 0. The number of hydrogen-bond acceptors (Lipinski definition) is 2. The van der Waals surface area contributed by atoms with Crippen molar-refractivity contribution in [2.24, 2.45) is 0 Å². The molecule has 0 aliphatic rings. The van der Waals surface area contributed by atoms with Gasteiger partial charge < -0.3 is 10.2 Å². The highest BCUT2D eigenvalue weighted by molar-refractivity contribution is 5.29. The molecular formula is C14H20O2. The van der Waals surface area contributed by atoms with Gasteiger partial charge in [-0.05, 0) is 43.9 Å². The third-order valence-corrected chi connectivity index (χ3v) is 2.45. The van der Waals surface area contributed by atoms with Crippen molar-refractivity contribution in [2.45, 2.75) is 38.7 Å². The van der Waals surface area contributed by atoms with Crippen molar-refractivity contribution >= 4 is 0 Å². The molecule has 88 valence electrons. The molecule has 1 atom stereocenters. The topological polar surface area (TPSA) is 40.5 Å². The molecule has 1 aromatic rings. The minimum atomic E-state index is -0.751. The number of benzene rings is 1. The van der Waals surface area contributed by atoms with E-state index in [1.165, 1.54) is 0 Å². The molecule has 1 unspecified atom stereocenters. The van der Waals surface area contributed by atoms with Gasteiger partial charge in [0.25, 0.3) is 0 Å². The third kappa shape index (κ3) is 4.49. The van der Waals surface area contributed by atoms with E-state index in [0.29, 0.717) is 11.7 Å². The van der Waals surface area contributed by atoms with Crippen LogP contribution in [-0.4, -0.2) is 15.8 Å². The Morgan fingerprint density at radius 1 is 1.38 bits per heavy atom. The first-order chi connectivity index (χ1) is 7.38. The smallest absolute Gasteiger partial charge is 0.115 e. The maximum absolute atomic E-state index is 9.52. The lowest BCUT2D eigenvalue weighted by Crippen LogP contribution is -2.13. The lowest BCUT2D eigenvalue weighted by atomic mass is 9.96. The molecule has 0 aliphatic heterocycles. The van der Waals surface area contributed by atoms with Crippen LogP contribution in [0.5, 0.6) is 5.75 Å². The molecule has 16 heavy (non-hydrogen) atoms. The van der Waals surface area contributed by atoms with Gasteiger partial charge in [-0.25, -0.2) is 0 Å². The minimum absolute atomic E-state index is 0.302. The van der Waals surface area contributed by atoms with Crippen LogP contribution in [0.25, 0.3) is 0 Å². The zero-order valence-electron chi connectivity index (χ0n) is 10.1. The van der Waals surface area contributed by atoms with Crippen molar-refractivity contribution in [2.75, 3.05) is 0 Å². The molecular weight excluding hydrogens is 200 g/mol. The second kappa shape index (κ2) is 5.17. The summed E-state index contributed by atoms with van der Waals surface area (Å²) in [5, 5.41) is 18.9. The molecule has 2 heteroatoms. The van der Waals surface area contributed by atoms with Crippen LogP contribution in [0.3, 0.4) is 0 Å². The summed E-state index contributed by atoms with van der Waals surface area (Å²) < 4.78 is 0. The molecule has 1 rings (SSSR count). The maximum Gasteiger partial charge on any atom is 0.115 e. The Labute approximate surface area is 97.2 Å². The van der Waals surface area contributed by atoms with Gasteiger partial charge in [0, 0.05) is 0 Å². The number of phenolic OH excluding ortho intramolecular Hbond substituents is 1. The van der Waals surface area contributed by atoms with Crippen LogP contribution >= 0.6 is 0 Å². The molecule has 0 fully saturated rings. The molecule has 2 nitrogen and oxygen atoms in total. The standard InChI is InChI=1S/C14H20O2/c1-11(6-5-9-14(2,3)16)12-7-4-8-13(15)10-12/h4-5,7-11,15-16H,6H2,1-3H3/b9-5+. The summed E-state index contributed by atoms with van der Waals surface area (Å²) in [6, 6.07) is 7.30. The van der Waals surface area contributed by atoms with Gasteiger partial charge in [0.1, 0.15) is 5.75 Å². The molecule has 0 aromatic heterocycles. The average molecular weight is 220 g/mol. The van der Waals surface area contributed by atoms with E-state index in [1.54, 1.807) is 32.1 Å². The fourth-order valence-corrected chi connectivity index (χ4v) is 1.53. The summed E-state index contributed by atoms with van der Waals surface area (Å²) in [5.74, 6) is 0.640. The maximum atomic E-state index is 9.52. The Kier molecular flexibility index (Phi) is 4.13. The van der Waals surface area contributed by atoms with Gasteiger partial charge >= 0.3 is 0 Å². The summed E-state index contributed by atoms with van der Waals surface area (Å²) >= 11 is 0. The highest BCUT2D eigenvalue weighted by atomic mass is 16.3. The van der Waals surface area contributed by atoms with Gasteiger partial charge in [0.15, 0.2) is 0 Å². The predicted octanol–water partition coefficient (Wildman–Crippen LogP) is 3.21. The second-order valence-electron chi connectivity index (χ2n) is 4.79. The number of rotatable bonds is 4. The Bertz CT molecular complexity index is 361. The first-order valence-electron chi connectivity index (χ1n) is 5.57. The lowest BCUT2D eigenvalue weighted by molar-refractivity contribution is 0.133. The third-order valence-electron chi connectivity index (χ3n) is 2.45. The van der Waals surface area contributed by atoms with E-state index in [1.807, 2.05) is 18.2 Å². The van der Waals surface area contributed by atoms with Gasteiger partial charge in [-0.1, -0.05) is 31.2 Å². The zero-order valence-corrected chi connectivity index (χ0v) is 10.1. The van der Waals surface area contributed by atoms with Crippen LogP contribution in [0.2, 0.25) is 0 Å². The van der Waals surface area contributed by atoms with Gasteiger partial charge in [0.2, 0.25) is 0 Å². The lowest BCUT2D eigenvalue weighted by Gasteiger charge is -2.12. The average Bonchev–Trinajstić information content (AvgIpc) is 2.15. The van der Waals surface area contributed by atoms with E-state index < -0.39 is 5.60 Å². The fourth-order valence-electron chi connectivity index (χ4n) is 1.53. The monoisotopic (exact) mass is 220 g/mol. The van der Waals surface area contributed by atoms with Gasteiger partial charge in [-0.15, -0.1) is 0 Å². The van der Waals surface area contributed by atoms with E-state index in [2.05, 4.69) is 6.92 Å². The van der Waals surface area contributed by atoms with Crippen molar-refractivity contribution in [3.8, 4) is 5.75 Å². The van der Waals surface area contributed by atoms with Crippen LogP contribution in [-0.2, 0) is 0 Å². The first-order valence-corrected chi connectivity index (χ1v) is 5.57. The van der Waals surface area contributed by atoms with Crippen molar-refractivity contribution < 1.29 is 10.2 Å². The molecule has 0 saturated carbocycles. The fraction of sp³-hybridized carbons (Fsp3) is 0.429. The number of aromatic hydroxyl groups is 1. The molecule has 0 radical (unpaired) electrons. The van der Waals surface area contributed by atoms with Gasteiger partial charge in [0.05, 0.1) is 5.60 Å². The van der Waals surface area contributed by atoms with Crippen LogP contribution in [0.15, 0.2) is 36.4 Å². The molecule has 0 bridgehead atoms. The quantitative estimate of drug-likeness (QED) is 0.765. The second-order valence-corrected chi connectivity index (χ2v) is 4.79. The molecule has 0 spiro atoms. The van der Waals surface area contributed by atoms with Crippen LogP contribution in [0.4, 0.5) is 0 Å². The van der Waals surface area contributed by atoms with E-state index in [-0.39, 0.29) is 0 Å². The highest BCUT2D eigenvalue weighted by Crippen LogP contribution is 2.23. The van der Waals surface area contributed by atoms with Crippen LogP contribution in [0.1, 0.15) is 38.7 Å². The predicted molar refractivity (Wildman–Crippen MR) is 66.6 cm³/mol. The number of hydrogen-bond donors (Lipinski definition) is 2. The zero-order chi connectivity index (χ0) is 12.2. The Morgan fingerprint density at radius 2 is 2.06 bits per heavy atom. The van der Waals surface area contributed by atoms with Crippen molar-refractivity contribution in [1.29, 1.82) is 0 Å².